The number of rotatable bonds is 5. The van der Waals surface area contributed by atoms with Crippen molar-refractivity contribution in [3.8, 4) is 0 Å². The second-order valence-electron chi connectivity index (χ2n) is 8.11. The quantitative estimate of drug-likeness (QED) is 0.733. The molecule has 4 heterocycles. The van der Waals surface area contributed by atoms with E-state index in [0.717, 1.165) is 22.5 Å². The summed E-state index contributed by atoms with van der Waals surface area (Å²) >= 11 is 0. The van der Waals surface area contributed by atoms with Crippen molar-refractivity contribution >= 4 is 27.6 Å². The van der Waals surface area contributed by atoms with E-state index in [1.165, 1.54) is 0 Å². The molecule has 1 N–H and O–H groups in total. The molecule has 1 saturated heterocycles. The van der Waals surface area contributed by atoms with E-state index >= 15 is 0 Å². The zero-order valence-corrected chi connectivity index (χ0v) is 18.2. The summed E-state index contributed by atoms with van der Waals surface area (Å²) in [4.78, 5) is 25.2. The lowest BCUT2D eigenvalue weighted by Gasteiger charge is -2.27. The Kier molecular flexibility index (Phi) is 5.15. The Morgan fingerprint density at radius 1 is 1.03 bits per heavy atom. The van der Waals surface area contributed by atoms with Gasteiger partial charge in [-0.2, -0.15) is 0 Å². The molecule has 1 aromatic carbocycles. The molecule has 5 rings (SSSR count). The normalized spacial score (nSPS) is 18.4. The zero-order chi connectivity index (χ0) is 21.6. The molecule has 0 aliphatic carbocycles. The third kappa shape index (κ3) is 3.90. The SMILES string of the molecule is Cc1cc(CNS(=O)(=O)c2cc3c4c(c2)CCN4C(=O)CC3)nc(N2CCOCC2)n1. The first-order valence-corrected chi connectivity index (χ1v) is 12.0. The van der Waals surface area contributed by atoms with Gasteiger partial charge in [-0.25, -0.2) is 23.1 Å². The fourth-order valence-electron chi connectivity index (χ4n) is 4.45. The maximum absolute atomic E-state index is 13.0. The largest absolute Gasteiger partial charge is 0.378 e. The van der Waals surface area contributed by atoms with Crippen LogP contribution < -0.4 is 14.5 Å². The van der Waals surface area contributed by atoms with E-state index in [9.17, 15) is 13.2 Å². The Balaban J connectivity index is 1.36. The highest BCUT2D eigenvalue weighted by Gasteiger charge is 2.33. The Morgan fingerprint density at radius 2 is 1.77 bits per heavy atom. The number of amides is 1. The van der Waals surface area contributed by atoms with Crippen LogP contribution >= 0.6 is 0 Å². The van der Waals surface area contributed by atoms with Crippen molar-refractivity contribution in [3.05, 3.63) is 40.7 Å². The highest BCUT2D eigenvalue weighted by atomic mass is 32.2. The number of carbonyl (C=O) groups is 1. The number of ether oxygens (including phenoxy) is 1. The molecule has 31 heavy (non-hydrogen) atoms. The first-order chi connectivity index (χ1) is 14.9. The van der Waals surface area contributed by atoms with Crippen LogP contribution in [-0.4, -0.2) is 57.1 Å². The van der Waals surface area contributed by atoms with Crippen molar-refractivity contribution in [2.24, 2.45) is 0 Å². The van der Waals surface area contributed by atoms with E-state index in [2.05, 4.69) is 14.7 Å². The lowest BCUT2D eigenvalue weighted by Crippen LogP contribution is -2.37. The average molecular weight is 444 g/mol. The number of hydrogen-bond donors (Lipinski definition) is 1. The van der Waals surface area contributed by atoms with E-state index in [1.807, 2.05) is 11.8 Å². The second kappa shape index (κ2) is 7.85. The molecule has 3 aliphatic heterocycles. The van der Waals surface area contributed by atoms with Crippen molar-refractivity contribution in [1.29, 1.82) is 0 Å². The van der Waals surface area contributed by atoms with Gasteiger partial charge >= 0.3 is 0 Å². The predicted molar refractivity (Wildman–Crippen MR) is 115 cm³/mol. The third-order valence-corrected chi connectivity index (χ3v) is 7.35. The Morgan fingerprint density at radius 3 is 2.55 bits per heavy atom. The number of hydrogen-bond acceptors (Lipinski definition) is 7. The van der Waals surface area contributed by atoms with Gasteiger partial charge in [0.25, 0.3) is 0 Å². The molecule has 0 unspecified atom stereocenters. The number of aromatic nitrogens is 2. The van der Waals surface area contributed by atoms with Gasteiger partial charge in [0.05, 0.1) is 36.0 Å². The van der Waals surface area contributed by atoms with Crippen LogP contribution in [0.1, 0.15) is 28.9 Å². The van der Waals surface area contributed by atoms with Crippen LogP contribution in [0, 0.1) is 6.92 Å². The summed E-state index contributed by atoms with van der Waals surface area (Å²) in [5, 5.41) is 0. The van der Waals surface area contributed by atoms with Crippen LogP contribution in [0.5, 0.6) is 0 Å². The first kappa shape index (κ1) is 20.3. The highest BCUT2D eigenvalue weighted by molar-refractivity contribution is 7.89. The molecule has 0 radical (unpaired) electrons. The van der Waals surface area contributed by atoms with Crippen LogP contribution in [-0.2, 0) is 38.9 Å². The standard InChI is InChI=1S/C21H25N5O4S/c1-14-10-17(24-21(23-14)25-6-8-30-9-7-25)13-22-31(28,29)18-11-15-2-3-19(27)26-5-4-16(12-18)20(15)26/h10-12,22H,2-9,13H2,1H3. The third-order valence-electron chi connectivity index (χ3n) is 5.97. The van der Waals surface area contributed by atoms with Crippen molar-refractivity contribution in [2.45, 2.75) is 37.6 Å². The molecule has 0 atom stereocenters. The minimum Gasteiger partial charge on any atom is -0.378 e. The van der Waals surface area contributed by atoms with Gasteiger partial charge in [0.15, 0.2) is 0 Å². The number of morpholine rings is 1. The van der Waals surface area contributed by atoms with Gasteiger partial charge in [-0.05, 0) is 49.1 Å². The van der Waals surface area contributed by atoms with Crippen molar-refractivity contribution in [2.75, 3.05) is 42.6 Å². The minimum atomic E-state index is -3.72. The number of aryl methyl sites for hydroxylation is 2. The molecule has 1 fully saturated rings. The fraction of sp³-hybridized carbons (Fsp3) is 0.476. The Hall–Kier alpha value is -2.56. The van der Waals surface area contributed by atoms with Crippen LogP contribution in [0.15, 0.2) is 23.1 Å². The molecule has 0 spiro atoms. The smallest absolute Gasteiger partial charge is 0.240 e. The summed E-state index contributed by atoms with van der Waals surface area (Å²) in [5.74, 6) is 0.722. The molecule has 3 aliphatic rings. The summed E-state index contributed by atoms with van der Waals surface area (Å²) in [7, 11) is -3.72. The van der Waals surface area contributed by atoms with Crippen molar-refractivity contribution < 1.29 is 17.9 Å². The molecular formula is C21H25N5O4S. The monoisotopic (exact) mass is 443 g/mol. The number of nitrogens with one attached hydrogen (secondary N) is 1. The van der Waals surface area contributed by atoms with Gasteiger partial charge in [0.2, 0.25) is 21.9 Å². The molecule has 0 bridgehead atoms. The van der Waals surface area contributed by atoms with Gasteiger partial charge in [-0.15, -0.1) is 0 Å². The van der Waals surface area contributed by atoms with Gasteiger partial charge < -0.3 is 14.5 Å². The van der Waals surface area contributed by atoms with Crippen molar-refractivity contribution in [1.82, 2.24) is 14.7 Å². The summed E-state index contributed by atoms with van der Waals surface area (Å²) in [6.07, 6.45) is 1.69. The summed E-state index contributed by atoms with van der Waals surface area (Å²) in [6, 6.07) is 5.20. The minimum absolute atomic E-state index is 0.0834. The van der Waals surface area contributed by atoms with Gasteiger partial charge in [-0.1, -0.05) is 0 Å². The van der Waals surface area contributed by atoms with E-state index in [1.54, 1.807) is 23.1 Å². The van der Waals surface area contributed by atoms with E-state index in [-0.39, 0.29) is 17.3 Å². The molecule has 1 aromatic heterocycles. The Labute approximate surface area is 181 Å². The van der Waals surface area contributed by atoms with Crippen LogP contribution in [0.4, 0.5) is 11.6 Å². The van der Waals surface area contributed by atoms with Gasteiger partial charge in [0, 0.05) is 31.7 Å². The molecule has 9 nitrogen and oxygen atoms in total. The van der Waals surface area contributed by atoms with Gasteiger partial charge in [-0.3, -0.25) is 4.79 Å². The number of anilines is 2. The first-order valence-electron chi connectivity index (χ1n) is 10.5. The molecule has 1 amide bonds. The molecule has 0 saturated carbocycles. The summed E-state index contributed by atoms with van der Waals surface area (Å²) < 4.78 is 34.2. The Bertz CT molecular complexity index is 1140. The molecule has 2 aromatic rings. The van der Waals surface area contributed by atoms with Gasteiger partial charge in [0.1, 0.15) is 0 Å². The van der Waals surface area contributed by atoms with E-state index in [0.29, 0.717) is 63.8 Å². The topological polar surface area (TPSA) is 105 Å². The number of sulfonamides is 1. The van der Waals surface area contributed by atoms with Crippen LogP contribution in [0.2, 0.25) is 0 Å². The lowest BCUT2D eigenvalue weighted by atomic mass is 10.00. The van der Waals surface area contributed by atoms with E-state index < -0.39 is 10.0 Å². The molecule has 10 heteroatoms. The summed E-state index contributed by atoms with van der Waals surface area (Å²) in [5.41, 5.74) is 4.19. The maximum Gasteiger partial charge on any atom is 0.240 e. The lowest BCUT2D eigenvalue weighted by molar-refractivity contribution is -0.118. The predicted octanol–water partition coefficient (Wildman–Crippen LogP) is 0.935. The number of benzene rings is 1. The van der Waals surface area contributed by atoms with Crippen LogP contribution in [0.25, 0.3) is 0 Å². The summed E-state index contributed by atoms with van der Waals surface area (Å²) in [6.45, 7) is 5.27. The molecule has 164 valence electrons. The van der Waals surface area contributed by atoms with Crippen molar-refractivity contribution in [3.63, 3.8) is 0 Å². The fourth-order valence-corrected chi connectivity index (χ4v) is 5.54. The number of nitrogens with zero attached hydrogens (tertiary/aromatic N) is 4. The molecular weight excluding hydrogens is 418 g/mol. The average Bonchev–Trinajstić information content (AvgIpc) is 3.21. The van der Waals surface area contributed by atoms with E-state index in [4.69, 9.17) is 4.74 Å². The second-order valence-corrected chi connectivity index (χ2v) is 9.88. The number of carbonyl (C=O) groups excluding carboxylic acids is 1. The zero-order valence-electron chi connectivity index (χ0n) is 17.4. The highest BCUT2D eigenvalue weighted by Crippen LogP contribution is 2.38. The maximum atomic E-state index is 13.0. The van der Waals surface area contributed by atoms with Crippen LogP contribution in [0.3, 0.4) is 0 Å².